The third-order valence-electron chi connectivity index (χ3n) is 6.99. The van der Waals surface area contributed by atoms with Crippen molar-refractivity contribution in [3.05, 3.63) is 96.1 Å². The predicted octanol–water partition coefficient (Wildman–Crippen LogP) is 9.52. The van der Waals surface area contributed by atoms with Gasteiger partial charge in [0.15, 0.2) is 0 Å². The second-order valence-corrected chi connectivity index (χ2v) is 9.27. The molecule has 4 aromatic carbocycles. The molecule has 0 unspecified atom stereocenters. The highest BCUT2D eigenvalue weighted by atomic mass is 15.1. The predicted molar refractivity (Wildman–Crippen MR) is 135 cm³/mol. The molecule has 160 valence electrons. The van der Waals surface area contributed by atoms with Gasteiger partial charge < -0.3 is 0 Å². The molecule has 0 bridgehead atoms. The average molecular weight is 419 g/mol. The highest BCUT2D eigenvalue weighted by molar-refractivity contribution is 5.94. The van der Waals surface area contributed by atoms with Gasteiger partial charge in [0.1, 0.15) is 0 Å². The van der Waals surface area contributed by atoms with Gasteiger partial charge in [-0.25, -0.2) is 0 Å². The van der Waals surface area contributed by atoms with Gasteiger partial charge in [-0.05, 0) is 77.4 Å². The molecule has 2 nitrogen and oxygen atoms in total. The maximum absolute atomic E-state index is 4.54. The Labute approximate surface area is 191 Å². The maximum Gasteiger partial charge on any atom is 0.0935 e. The van der Waals surface area contributed by atoms with Gasteiger partial charge in [0.2, 0.25) is 0 Å². The summed E-state index contributed by atoms with van der Waals surface area (Å²) >= 11 is 0. The van der Waals surface area contributed by atoms with Gasteiger partial charge in [0, 0.05) is 5.39 Å². The van der Waals surface area contributed by atoms with Crippen LogP contribution in [0.4, 0.5) is 11.4 Å². The number of hydrogen-bond acceptors (Lipinski definition) is 2. The van der Waals surface area contributed by atoms with E-state index in [2.05, 4.69) is 90.8 Å². The summed E-state index contributed by atoms with van der Waals surface area (Å²) in [5.41, 5.74) is 7.00. The molecule has 1 aliphatic carbocycles. The van der Waals surface area contributed by atoms with Gasteiger partial charge in [0.05, 0.1) is 11.4 Å². The summed E-state index contributed by atoms with van der Waals surface area (Å²) in [5.74, 6) is 1.63. The third kappa shape index (κ3) is 4.36. The molecule has 0 spiro atoms. The van der Waals surface area contributed by atoms with E-state index in [1.54, 1.807) is 0 Å². The Bertz CT molecular complexity index is 1230. The summed E-state index contributed by atoms with van der Waals surface area (Å²) in [6.45, 7) is 4.51. The topological polar surface area (TPSA) is 24.7 Å². The number of benzene rings is 4. The van der Waals surface area contributed by atoms with Crippen molar-refractivity contribution in [2.24, 2.45) is 16.1 Å². The van der Waals surface area contributed by atoms with E-state index in [1.807, 2.05) is 18.2 Å². The summed E-state index contributed by atoms with van der Waals surface area (Å²) < 4.78 is 0. The van der Waals surface area contributed by atoms with Crippen LogP contribution >= 0.6 is 0 Å². The monoisotopic (exact) mass is 418 g/mol. The molecule has 32 heavy (non-hydrogen) atoms. The number of rotatable bonds is 4. The molecule has 0 amide bonds. The van der Waals surface area contributed by atoms with Crippen LogP contribution in [0.3, 0.4) is 0 Å². The molecule has 2 heteroatoms. The summed E-state index contributed by atoms with van der Waals surface area (Å²) in [7, 11) is 0. The van der Waals surface area contributed by atoms with Crippen molar-refractivity contribution in [1.29, 1.82) is 0 Å². The van der Waals surface area contributed by atoms with Crippen LogP contribution in [0, 0.1) is 12.8 Å². The molecule has 0 aliphatic heterocycles. The Morgan fingerprint density at radius 3 is 1.94 bits per heavy atom. The molecule has 0 radical (unpaired) electrons. The van der Waals surface area contributed by atoms with Gasteiger partial charge in [-0.3, -0.25) is 0 Å². The van der Waals surface area contributed by atoms with E-state index in [4.69, 9.17) is 0 Å². The van der Waals surface area contributed by atoms with Crippen molar-refractivity contribution in [3.63, 3.8) is 0 Å². The van der Waals surface area contributed by atoms with Crippen molar-refractivity contribution in [3.8, 4) is 11.1 Å². The van der Waals surface area contributed by atoms with E-state index in [1.165, 1.54) is 53.3 Å². The van der Waals surface area contributed by atoms with Crippen LogP contribution in [0.2, 0.25) is 0 Å². The molecular weight excluding hydrogens is 388 g/mol. The standard InChI is InChI=1S/C30H30N2/c1-21-7-10-23(11-8-21)24-12-14-25(15-13-24)26-16-18-27(19-17-26)31-32-30-20-9-22(2)28-5-3-4-6-29(28)30/h3-6,9,12-21,23H,7-8,10-11H2,1-2H3. The highest BCUT2D eigenvalue weighted by Crippen LogP contribution is 2.36. The van der Waals surface area contributed by atoms with Crippen LogP contribution in [0.5, 0.6) is 0 Å². The first kappa shape index (κ1) is 20.6. The van der Waals surface area contributed by atoms with Crippen LogP contribution < -0.4 is 0 Å². The Balaban J connectivity index is 1.31. The fraction of sp³-hybridized carbons (Fsp3) is 0.267. The number of azo groups is 1. The highest BCUT2D eigenvalue weighted by Gasteiger charge is 2.19. The van der Waals surface area contributed by atoms with Crippen LogP contribution in [-0.4, -0.2) is 0 Å². The van der Waals surface area contributed by atoms with E-state index < -0.39 is 0 Å². The maximum atomic E-state index is 4.54. The van der Waals surface area contributed by atoms with E-state index in [0.29, 0.717) is 0 Å². The first-order chi connectivity index (χ1) is 15.7. The summed E-state index contributed by atoms with van der Waals surface area (Å²) in [5, 5.41) is 11.4. The fourth-order valence-electron chi connectivity index (χ4n) is 4.89. The number of aryl methyl sites for hydroxylation is 1. The number of fused-ring (bicyclic) bond motifs is 1. The van der Waals surface area contributed by atoms with E-state index >= 15 is 0 Å². The first-order valence-corrected chi connectivity index (χ1v) is 11.8. The largest absolute Gasteiger partial charge is 0.151 e. The van der Waals surface area contributed by atoms with Crippen molar-refractivity contribution in [2.75, 3.05) is 0 Å². The van der Waals surface area contributed by atoms with Crippen LogP contribution in [-0.2, 0) is 0 Å². The lowest BCUT2D eigenvalue weighted by Gasteiger charge is -2.26. The second-order valence-electron chi connectivity index (χ2n) is 9.27. The molecule has 1 fully saturated rings. The smallest absolute Gasteiger partial charge is 0.0935 e. The lowest BCUT2D eigenvalue weighted by Crippen LogP contribution is -2.10. The first-order valence-electron chi connectivity index (χ1n) is 11.8. The Morgan fingerprint density at radius 2 is 1.25 bits per heavy atom. The molecule has 0 aromatic heterocycles. The van der Waals surface area contributed by atoms with Gasteiger partial charge in [-0.1, -0.05) is 86.5 Å². The van der Waals surface area contributed by atoms with Crippen molar-refractivity contribution < 1.29 is 0 Å². The van der Waals surface area contributed by atoms with Gasteiger partial charge in [-0.15, -0.1) is 5.11 Å². The summed E-state index contributed by atoms with van der Waals surface area (Å²) in [6.07, 6.45) is 5.38. The van der Waals surface area contributed by atoms with Crippen LogP contribution in [0.15, 0.2) is 95.2 Å². The molecule has 5 rings (SSSR count). The second kappa shape index (κ2) is 9.08. The minimum atomic E-state index is 0.737. The minimum absolute atomic E-state index is 0.737. The van der Waals surface area contributed by atoms with Gasteiger partial charge >= 0.3 is 0 Å². The Morgan fingerprint density at radius 1 is 0.625 bits per heavy atom. The van der Waals surface area contributed by atoms with E-state index in [-0.39, 0.29) is 0 Å². The molecule has 0 heterocycles. The van der Waals surface area contributed by atoms with E-state index in [9.17, 15) is 0 Å². The lowest BCUT2D eigenvalue weighted by molar-refractivity contribution is 0.348. The zero-order valence-corrected chi connectivity index (χ0v) is 19.0. The summed E-state index contributed by atoms with van der Waals surface area (Å²) in [4.78, 5) is 0. The Kier molecular flexibility index (Phi) is 5.85. The van der Waals surface area contributed by atoms with Crippen molar-refractivity contribution in [2.45, 2.75) is 45.4 Å². The normalized spacial score (nSPS) is 18.9. The fourth-order valence-corrected chi connectivity index (χ4v) is 4.89. The molecule has 1 saturated carbocycles. The number of nitrogens with zero attached hydrogens (tertiary/aromatic N) is 2. The van der Waals surface area contributed by atoms with E-state index in [0.717, 1.165) is 28.6 Å². The minimum Gasteiger partial charge on any atom is -0.151 e. The van der Waals surface area contributed by atoms with Gasteiger partial charge in [0.25, 0.3) is 0 Å². The molecule has 1 aliphatic rings. The zero-order chi connectivity index (χ0) is 21.9. The molecule has 0 N–H and O–H groups in total. The lowest BCUT2D eigenvalue weighted by atomic mass is 9.79. The third-order valence-corrected chi connectivity index (χ3v) is 6.99. The van der Waals surface area contributed by atoms with Gasteiger partial charge in [-0.2, -0.15) is 5.11 Å². The van der Waals surface area contributed by atoms with Crippen LogP contribution in [0.25, 0.3) is 21.9 Å². The Hall–Kier alpha value is -3.26. The van der Waals surface area contributed by atoms with Crippen LogP contribution in [0.1, 0.15) is 49.7 Å². The quantitative estimate of drug-likeness (QED) is 0.295. The molecule has 0 saturated heterocycles. The van der Waals surface area contributed by atoms with Crippen molar-refractivity contribution in [1.82, 2.24) is 0 Å². The number of hydrogen-bond donors (Lipinski definition) is 0. The molecular formula is C30H30N2. The molecule has 4 aromatic rings. The van der Waals surface area contributed by atoms with Crippen molar-refractivity contribution >= 4 is 22.1 Å². The molecule has 0 atom stereocenters. The SMILES string of the molecule is Cc1ccc(N=Nc2ccc(-c3ccc(C4CCC(C)CC4)cc3)cc2)c2ccccc12. The summed E-state index contributed by atoms with van der Waals surface area (Å²) in [6, 6.07) is 30.1. The average Bonchev–Trinajstić information content (AvgIpc) is 2.85. The zero-order valence-electron chi connectivity index (χ0n) is 19.0.